The standard InChI is InChI=1S/C18H21N3O2S/c22-17-9-8-15(16-7-3-11-24-16)19-21(17)12-14-6-2-10-20(14)18(23)13-4-1-5-13/h3,7-9,11,13-14H,1-2,4-6,10,12H2/t14-/m0/s1. The maximum absolute atomic E-state index is 12.6. The third-order valence-corrected chi connectivity index (χ3v) is 6.03. The number of rotatable bonds is 4. The summed E-state index contributed by atoms with van der Waals surface area (Å²) >= 11 is 1.61. The van der Waals surface area contributed by atoms with E-state index >= 15 is 0 Å². The molecule has 2 fully saturated rings. The van der Waals surface area contributed by atoms with Gasteiger partial charge in [-0.3, -0.25) is 9.59 Å². The topological polar surface area (TPSA) is 55.2 Å². The van der Waals surface area contributed by atoms with Gasteiger partial charge < -0.3 is 4.90 Å². The lowest BCUT2D eigenvalue weighted by Gasteiger charge is -2.32. The van der Waals surface area contributed by atoms with Crippen LogP contribution >= 0.6 is 11.3 Å². The van der Waals surface area contributed by atoms with E-state index in [1.807, 2.05) is 22.4 Å². The van der Waals surface area contributed by atoms with Crippen LogP contribution in [0.1, 0.15) is 32.1 Å². The predicted octanol–water partition coefficient (Wildman–Crippen LogP) is 2.76. The predicted molar refractivity (Wildman–Crippen MR) is 93.9 cm³/mol. The quantitative estimate of drug-likeness (QED) is 0.858. The molecule has 0 aromatic carbocycles. The van der Waals surface area contributed by atoms with Crippen molar-refractivity contribution in [1.82, 2.24) is 14.7 Å². The van der Waals surface area contributed by atoms with Crippen molar-refractivity contribution in [2.24, 2.45) is 5.92 Å². The molecule has 5 nitrogen and oxygen atoms in total. The second-order valence-electron chi connectivity index (χ2n) is 6.67. The van der Waals surface area contributed by atoms with Gasteiger partial charge in [-0.15, -0.1) is 11.3 Å². The Morgan fingerprint density at radius 2 is 2.08 bits per heavy atom. The number of carbonyl (C=O) groups excluding carboxylic acids is 1. The molecule has 0 radical (unpaired) electrons. The Morgan fingerprint density at radius 1 is 1.21 bits per heavy atom. The first-order valence-electron chi connectivity index (χ1n) is 8.65. The molecule has 3 heterocycles. The van der Waals surface area contributed by atoms with Gasteiger partial charge in [0, 0.05) is 18.5 Å². The molecule has 2 aromatic rings. The molecule has 1 aliphatic carbocycles. The summed E-state index contributed by atoms with van der Waals surface area (Å²) in [5.74, 6) is 0.499. The number of hydrogen-bond donors (Lipinski definition) is 0. The number of amides is 1. The molecule has 24 heavy (non-hydrogen) atoms. The summed E-state index contributed by atoms with van der Waals surface area (Å²) in [6.45, 7) is 1.32. The van der Waals surface area contributed by atoms with Gasteiger partial charge >= 0.3 is 0 Å². The van der Waals surface area contributed by atoms with Crippen molar-refractivity contribution in [3.63, 3.8) is 0 Å². The van der Waals surface area contributed by atoms with Crippen molar-refractivity contribution in [2.45, 2.75) is 44.7 Å². The molecule has 126 valence electrons. The molecule has 1 atom stereocenters. The summed E-state index contributed by atoms with van der Waals surface area (Å²) in [6.07, 6.45) is 5.18. The summed E-state index contributed by atoms with van der Waals surface area (Å²) in [7, 11) is 0. The molecule has 0 bridgehead atoms. The van der Waals surface area contributed by atoms with Crippen LogP contribution in [0.15, 0.2) is 34.4 Å². The maximum atomic E-state index is 12.6. The molecule has 1 saturated heterocycles. The second-order valence-corrected chi connectivity index (χ2v) is 7.62. The number of hydrogen-bond acceptors (Lipinski definition) is 4. The van der Waals surface area contributed by atoms with E-state index in [-0.39, 0.29) is 23.4 Å². The molecule has 0 N–H and O–H groups in total. The number of nitrogens with zero attached hydrogens (tertiary/aromatic N) is 3. The minimum Gasteiger partial charge on any atom is -0.338 e. The first-order chi connectivity index (χ1) is 11.7. The Bertz CT molecular complexity index is 780. The summed E-state index contributed by atoms with van der Waals surface area (Å²) in [4.78, 5) is 27.8. The van der Waals surface area contributed by atoms with Gasteiger partial charge in [-0.25, -0.2) is 4.68 Å². The maximum Gasteiger partial charge on any atom is 0.266 e. The normalized spacial score (nSPS) is 21.0. The Balaban J connectivity index is 1.54. The van der Waals surface area contributed by atoms with Crippen molar-refractivity contribution in [1.29, 1.82) is 0 Å². The third kappa shape index (κ3) is 2.90. The average Bonchev–Trinajstić information content (AvgIpc) is 3.19. The van der Waals surface area contributed by atoms with Crippen LogP contribution in [0, 0.1) is 5.92 Å². The van der Waals surface area contributed by atoms with E-state index in [1.54, 1.807) is 23.5 Å². The van der Waals surface area contributed by atoms with Gasteiger partial charge in [0.1, 0.15) is 5.69 Å². The summed E-state index contributed by atoms with van der Waals surface area (Å²) < 4.78 is 1.53. The van der Waals surface area contributed by atoms with Crippen LogP contribution in [0.2, 0.25) is 0 Å². The highest BCUT2D eigenvalue weighted by Crippen LogP contribution is 2.31. The zero-order chi connectivity index (χ0) is 16.5. The van der Waals surface area contributed by atoms with Crippen molar-refractivity contribution in [3.05, 3.63) is 40.0 Å². The highest BCUT2D eigenvalue weighted by molar-refractivity contribution is 7.13. The highest BCUT2D eigenvalue weighted by Gasteiger charge is 2.35. The van der Waals surface area contributed by atoms with E-state index in [4.69, 9.17) is 0 Å². The molecule has 6 heteroatoms. The molecule has 1 amide bonds. The van der Waals surface area contributed by atoms with Gasteiger partial charge in [0.15, 0.2) is 0 Å². The molecule has 1 saturated carbocycles. The highest BCUT2D eigenvalue weighted by atomic mass is 32.1. The fourth-order valence-corrected chi connectivity index (χ4v) is 4.23. The molecular formula is C18H21N3O2S. The largest absolute Gasteiger partial charge is 0.338 e. The van der Waals surface area contributed by atoms with Crippen LogP contribution in [-0.4, -0.2) is 33.2 Å². The second kappa shape index (κ2) is 6.51. The zero-order valence-corrected chi connectivity index (χ0v) is 14.4. The van der Waals surface area contributed by atoms with Gasteiger partial charge in [-0.1, -0.05) is 12.5 Å². The minimum atomic E-state index is -0.0988. The van der Waals surface area contributed by atoms with E-state index in [2.05, 4.69) is 5.10 Å². The van der Waals surface area contributed by atoms with Crippen molar-refractivity contribution < 1.29 is 4.79 Å². The van der Waals surface area contributed by atoms with Crippen LogP contribution in [0.4, 0.5) is 0 Å². The van der Waals surface area contributed by atoms with E-state index in [0.29, 0.717) is 6.54 Å². The van der Waals surface area contributed by atoms with Gasteiger partial charge in [-0.2, -0.15) is 5.10 Å². The van der Waals surface area contributed by atoms with Crippen LogP contribution in [0.5, 0.6) is 0 Å². The summed E-state index contributed by atoms with van der Waals surface area (Å²) in [6, 6.07) is 7.43. The molecule has 0 spiro atoms. The number of carbonyl (C=O) groups is 1. The zero-order valence-electron chi connectivity index (χ0n) is 13.6. The van der Waals surface area contributed by atoms with E-state index < -0.39 is 0 Å². The lowest BCUT2D eigenvalue weighted by Crippen LogP contribution is -2.44. The summed E-state index contributed by atoms with van der Waals surface area (Å²) in [5.41, 5.74) is 0.720. The van der Waals surface area contributed by atoms with Crippen molar-refractivity contribution in [3.8, 4) is 10.6 Å². The van der Waals surface area contributed by atoms with Crippen molar-refractivity contribution >= 4 is 17.2 Å². The molecule has 2 aliphatic rings. The lowest BCUT2D eigenvalue weighted by molar-refractivity contribution is -0.139. The Hall–Kier alpha value is -1.95. The van der Waals surface area contributed by atoms with Crippen molar-refractivity contribution in [2.75, 3.05) is 6.54 Å². The first kappa shape index (κ1) is 15.6. The van der Waals surface area contributed by atoms with Crippen LogP contribution < -0.4 is 5.56 Å². The van der Waals surface area contributed by atoms with Gasteiger partial charge in [0.2, 0.25) is 5.91 Å². The Kier molecular flexibility index (Phi) is 4.22. The smallest absolute Gasteiger partial charge is 0.266 e. The van der Waals surface area contributed by atoms with Gasteiger partial charge in [0.05, 0.1) is 17.5 Å². The van der Waals surface area contributed by atoms with Gasteiger partial charge in [0.25, 0.3) is 5.56 Å². The SMILES string of the molecule is O=C(C1CCC1)N1CCC[C@H]1Cn1nc(-c2cccs2)ccc1=O. The van der Waals surface area contributed by atoms with Crippen LogP contribution in [0.25, 0.3) is 10.6 Å². The fraction of sp³-hybridized carbons (Fsp3) is 0.500. The lowest BCUT2D eigenvalue weighted by atomic mass is 9.84. The summed E-state index contributed by atoms with van der Waals surface area (Å²) in [5, 5.41) is 6.53. The van der Waals surface area contributed by atoms with Crippen LogP contribution in [0.3, 0.4) is 0 Å². The average molecular weight is 343 g/mol. The Labute approximate surface area is 144 Å². The Morgan fingerprint density at radius 3 is 2.79 bits per heavy atom. The first-order valence-corrected chi connectivity index (χ1v) is 9.53. The number of likely N-dealkylation sites (tertiary alicyclic amines) is 1. The van der Waals surface area contributed by atoms with Gasteiger partial charge in [-0.05, 0) is 43.2 Å². The fourth-order valence-electron chi connectivity index (χ4n) is 3.54. The van der Waals surface area contributed by atoms with Crippen LogP contribution in [-0.2, 0) is 11.3 Å². The van der Waals surface area contributed by atoms with E-state index in [9.17, 15) is 9.59 Å². The van der Waals surface area contributed by atoms with E-state index in [0.717, 1.165) is 42.8 Å². The molecule has 1 aliphatic heterocycles. The molecule has 0 unspecified atom stereocenters. The van der Waals surface area contributed by atoms with E-state index in [1.165, 1.54) is 11.1 Å². The third-order valence-electron chi connectivity index (χ3n) is 5.14. The molecule has 2 aromatic heterocycles. The monoisotopic (exact) mass is 343 g/mol. The molecule has 4 rings (SSSR count). The minimum absolute atomic E-state index is 0.0988. The molecular weight excluding hydrogens is 322 g/mol. The number of thiophene rings is 1. The number of aromatic nitrogens is 2.